The lowest BCUT2D eigenvalue weighted by molar-refractivity contribution is -0.264. The Balaban J connectivity index is 1.26. The predicted molar refractivity (Wildman–Crippen MR) is 202 cm³/mol. The van der Waals surface area contributed by atoms with Crippen LogP contribution in [-0.2, 0) is 32.2 Å². The first-order chi connectivity index (χ1) is 24.3. The second kappa shape index (κ2) is 17.5. The molecule has 0 heterocycles. The molecule has 0 aliphatic heterocycles. The second-order valence-corrected chi connectivity index (χ2v) is 16.0. The van der Waals surface area contributed by atoms with Crippen LogP contribution in [0.5, 0.6) is 0 Å². The van der Waals surface area contributed by atoms with Crippen LogP contribution in [0.1, 0.15) is 111 Å². The number of hydrogen-bond donors (Lipinski definition) is 0. The van der Waals surface area contributed by atoms with Crippen molar-refractivity contribution in [1.82, 2.24) is 0 Å². The molecule has 4 nitrogen and oxygen atoms in total. The lowest BCUT2D eigenvalue weighted by Crippen LogP contribution is -2.48. The molecule has 0 spiro atoms. The number of halogens is 2. The van der Waals surface area contributed by atoms with Gasteiger partial charge < -0.3 is 18.9 Å². The smallest absolute Gasteiger partial charge is 0.276 e. The third-order valence-electron chi connectivity index (χ3n) is 12.2. The molecule has 0 amide bonds. The monoisotopic (exact) mass is 704 g/mol. The number of hydrogen-bond acceptors (Lipinski definition) is 4. The minimum Gasteiger partial charge on any atom is -0.373 e. The summed E-state index contributed by atoms with van der Waals surface area (Å²) >= 11 is 0. The van der Waals surface area contributed by atoms with Gasteiger partial charge in [-0.1, -0.05) is 92.7 Å². The Labute approximate surface area is 306 Å². The molecule has 0 N–H and O–H groups in total. The molecule has 2 aromatic carbocycles. The van der Waals surface area contributed by atoms with Gasteiger partial charge >= 0.3 is 0 Å². The number of alkyl halides is 2. The number of fused-ring (bicyclic) bond motifs is 1. The third kappa shape index (κ3) is 9.87. The van der Waals surface area contributed by atoms with Crippen molar-refractivity contribution in [2.45, 2.75) is 143 Å². The molecule has 1 saturated carbocycles. The van der Waals surface area contributed by atoms with Crippen LogP contribution >= 0.6 is 0 Å². The number of ether oxygens (including phenoxy) is 4. The van der Waals surface area contributed by atoms with Gasteiger partial charge in [0.1, 0.15) is 5.60 Å². The van der Waals surface area contributed by atoms with E-state index in [1.54, 1.807) is 6.92 Å². The molecule has 0 bridgehead atoms. The molecule has 0 saturated heterocycles. The quantitative estimate of drug-likeness (QED) is 0.154. The average Bonchev–Trinajstić information content (AvgIpc) is 3.47. The van der Waals surface area contributed by atoms with Crippen LogP contribution in [-0.4, -0.2) is 36.6 Å². The SMILES string of the molecule is CCOC(C)OC(C)(C)C(F)(F)CC[C@@H](C)[C@H]1CC[C@H]2C(/C=C\C3=C(C)[C@@H](OCc4ccccc4)C[C@H](OCc4ccccc4)C3)=CCC[C@]12C. The first-order valence-corrected chi connectivity index (χ1v) is 19.4. The van der Waals surface area contributed by atoms with Crippen LogP contribution < -0.4 is 0 Å². The summed E-state index contributed by atoms with van der Waals surface area (Å²) in [6.07, 6.45) is 12.8. The van der Waals surface area contributed by atoms with Crippen LogP contribution in [0.25, 0.3) is 0 Å². The Bertz CT molecular complexity index is 1480. The number of allylic oxidation sites excluding steroid dienone is 4. The van der Waals surface area contributed by atoms with Crippen molar-refractivity contribution in [3.63, 3.8) is 0 Å². The van der Waals surface area contributed by atoms with E-state index in [0.717, 1.165) is 38.5 Å². The van der Waals surface area contributed by atoms with Crippen molar-refractivity contribution in [2.75, 3.05) is 6.61 Å². The van der Waals surface area contributed by atoms with E-state index in [9.17, 15) is 0 Å². The zero-order valence-corrected chi connectivity index (χ0v) is 32.1. The molecule has 5 rings (SSSR count). The highest BCUT2D eigenvalue weighted by Crippen LogP contribution is 2.59. The molecule has 1 unspecified atom stereocenters. The first kappa shape index (κ1) is 39.6. The number of rotatable bonds is 17. The molecule has 280 valence electrons. The van der Waals surface area contributed by atoms with Crippen molar-refractivity contribution in [2.24, 2.45) is 23.2 Å². The molecule has 2 aromatic rings. The first-order valence-electron chi connectivity index (χ1n) is 19.4. The fourth-order valence-electron chi connectivity index (χ4n) is 9.05. The van der Waals surface area contributed by atoms with Gasteiger partial charge in [-0.15, -0.1) is 0 Å². The Morgan fingerprint density at radius 1 is 0.922 bits per heavy atom. The van der Waals surface area contributed by atoms with E-state index < -0.39 is 17.8 Å². The molecule has 7 atom stereocenters. The maximum absolute atomic E-state index is 15.6. The third-order valence-corrected chi connectivity index (χ3v) is 12.2. The summed E-state index contributed by atoms with van der Waals surface area (Å²) in [5.74, 6) is -1.92. The van der Waals surface area contributed by atoms with Gasteiger partial charge in [-0.2, -0.15) is 0 Å². The molecule has 0 radical (unpaired) electrons. The summed E-state index contributed by atoms with van der Waals surface area (Å²) in [5.41, 5.74) is 4.81. The maximum atomic E-state index is 15.6. The highest BCUT2D eigenvalue weighted by atomic mass is 19.3. The minimum atomic E-state index is -2.96. The summed E-state index contributed by atoms with van der Waals surface area (Å²) < 4.78 is 55.3. The highest BCUT2D eigenvalue weighted by molar-refractivity contribution is 5.37. The molecular formula is C45H62F2O4. The van der Waals surface area contributed by atoms with Gasteiger partial charge in [0.05, 0.1) is 25.4 Å². The van der Waals surface area contributed by atoms with Crippen LogP contribution in [0.4, 0.5) is 8.78 Å². The summed E-state index contributed by atoms with van der Waals surface area (Å²) in [6, 6.07) is 20.7. The van der Waals surface area contributed by atoms with Gasteiger partial charge in [0.2, 0.25) is 0 Å². The topological polar surface area (TPSA) is 36.9 Å². The maximum Gasteiger partial charge on any atom is 0.276 e. The highest BCUT2D eigenvalue weighted by Gasteiger charge is 2.52. The van der Waals surface area contributed by atoms with Gasteiger partial charge in [0.15, 0.2) is 6.29 Å². The van der Waals surface area contributed by atoms with E-state index in [4.69, 9.17) is 18.9 Å². The van der Waals surface area contributed by atoms with E-state index in [2.05, 4.69) is 87.5 Å². The fourth-order valence-corrected chi connectivity index (χ4v) is 9.05. The normalized spacial score (nSPS) is 27.0. The van der Waals surface area contributed by atoms with Crippen molar-refractivity contribution in [3.8, 4) is 0 Å². The lowest BCUT2D eigenvalue weighted by Gasteiger charge is -2.43. The fraction of sp³-hybridized carbons (Fsp3) is 0.600. The van der Waals surface area contributed by atoms with E-state index in [1.807, 2.05) is 19.1 Å². The minimum absolute atomic E-state index is 0.0161. The molecule has 0 aromatic heterocycles. The van der Waals surface area contributed by atoms with Gasteiger partial charge in [0.25, 0.3) is 5.92 Å². The lowest BCUT2D eigenvalue weighted by atomic mass is 9.62. The summed E-state index contributed by atoms with van der Waals surface area (Å²) in [4.78, 5) is 0. The van der Waals surface area contributed by atoms with Crippen molar-refractivity contribution in [3.05, 3.63) is 107 Å². The Kier molecular flexibility index (Phi) is 13.5. The van der Waals surface area contributed by atoms with E-state index in [0.29, 0.717) is 38.1 Å². The van der Waals surface area contributed by atoms with Gasteiger partial charge in [-0.3, -0.25) is 0 Å². The second-order valence-electron chi connectivity index (χ2n) is 16.0. The number of benzene rings is 2. The Morgan fingerprint density at radius 3 is 2.22 bits per heavy atom. The van der Waals surface area contributed by atoms with Crippen molar-refractivity contribution >= 4 is 0 Å². The largest absolute Gasteiger partial charge is 0.373 e. The van der Waals surface area contributed by atoms with E-state index in [1.165, 1.54) is 41.7 Å². The van der Waals surface area contributed by atoms with Gasteiger partial charge in [-0.05, 0) is 124 Å². The summed E-state index contributed by atoms with van der Waals surface area (Å²) in [5, 5.41) is 0. The van der Waals surface area contributed by atoms with Gasteiger partial charge in [0, 0.05) is 19.4 Å². The zero-order valence-electron chi connectivity index (χ0n) is 32.1. The van der Waals surface area contributed by atoms with Crippen LogP contribution in [0.15, 0.2) is 95.6 Å². The molecule has 3 aliphatic carbocycles. The molecular weight excluding hydrogens is 642 g/mol. The van der Waals surface area contributed by atoms with E-state index >= 15 is 8.78 Å². The van der Waals surface area contributed by atoms with Crippen LogP contribution in [0.3, 0.4) is 0 Å². The van der Waals surface area contributed by atoms with Crippen molar-refractivity contribution in [1.29, 1.82) is 0 Å². The zero-order chi connectivity index (χ0) is 36.6. The Morgan fingerprint density at radius 2 is 1.57 bits per heavy atom. The van der Waals surface area contributed by atoms with Crippen molar-refractivity contribution < 1.29 is 27.7 Å². The van der Waals surface area contributed by atoms with Crippen LogP contribution in [0.2, 0.25) is 0 Å². The molecule has 1 fully saturated rings. The standard InChI is InChI=1S/C45H62F2O4/c1-8-48-34(4)51-43(5,6)45(46,47)27-25-32(2)40-23-24-41-37(20-15-26-44(40,41)7)21-22-38-28-39(49-30-35-16-11-9-12-17-35)29-42(33(38)3)50-31-36-18-13-10-14-19-36/h9-14,16-22,32,34,39-42H,8,15,23-31H2,1-7H3/b22-21-/t32-,34?,39-,40-,41+,42+,44-/m1/s1. The average molecular weight is 705 g/mol. The molecule has 51 heavy (non-hydrogen) atoms. The Hall–Kier alpha value is -2.64. The summed E-state index contributed by atoms with van der Waals surface area (Å²) in [6.45, 7) is 14.9. The van der Waals surface area contributed by atoms with Gasteiger partial charge in [-0.25, -0.2) is 8.78 Å². The molecule has 6 heteroatoms. The van der Waals surface area contributed by atoms with E-state index in [-0.39, 0.29) is 30.0 Å². The van der Waals surface area contributed by atoms with Crippen LogP contribution in [0, 0.1) is 23.2 Å². The summed E-state index contributed by atoms with van der Waals surface area (Å²) in [7, 11) is 0. The molecule has 3 aliphatic rings. The predicted octanol–water partition coefficient (Wildman–Crippen LogP) is 11.8.